The number of hydrogen-bond acceptors (Lipinski definition) is 3. The molecule has 4 fully saturated rings. The molecule has 0 radical (unpaired) electrons. The Hall–Kier alpha value is -2.11. The van der Waals surface area contributed by atoms with E-state index in [2.05, 4.69) is 0 Å². The Balaban J connectivity index is 1.47. The fourth-order valence-corrected chi connectivity index (χ4v) is 6.30. The van der Waals surface area contributed by atoms with Gasteiger partial charge in [-0.25, -0.2) is 4.79 Å². The van der Waals surface area contributed by atoms with E-state index in [9.17, 15) is 14.4 Å². The lowest BCUT2D eigenvalue weighted by atomic mass is 9.49. The van der Waals surface area contributed by atoms with E-state index in [1.54, 1.807) is 7.05 Å². The number of amides is 1. The molecule has 0 aliphatic heterocycles. The van der Waals surface area contributed by atoms with Gasteiger partial charge in [-0.3, -0.25) is 14.2 Å². The molecule has 4 aliphatic rings. The molecule has 4 aliphatic carbocycles. The maximum Gasteiger partial charge on any atom is 0.330 e. The van der Waals surface area contributed by atoms with E-state index in [1.807, 2.05) is 11.9 Å². The number of carbonyl (C=O) groups excluding carboxylic acids is 1. The first-order valence-corrected chi connectivity index (χ1v) is 9.96. The predicted octanol–water partition coefficient (Wildman–Crippen LogP) is 1.77. The summed E-state index contributed by atoms with van der Waals surface area (Å²) in [6.07, 6.45) is 12.5. The topological polar surface area (TPSA) is 64.3 Å². The molecular formula is C21H29N3O3. The van der Waals surface area contributed by atoms with Gasteiger partial charge in [0.1, 0.15) is 0 Å². The van der Waals surface area contributed by atoms with Crippen molar-refractivity contribution in [2.45, 2.75) is 38.5 Å². The molecule has 5 rings (SSSR count). The zero-order chi connectivity index (χ0) is 19.3. The van der Waals surface area contributed by atoms with Crippen LogP contribution in [-0.4, -0.2) is 33.5 Å². The fourth-order valence-electron chi connectivity index (χ4n) is 6.30. The maximum atomic E-state index is 12.7. The van der Waals surface area contributed by atoms with E-state index >= 15 is 0 Å². The van der Waals surface area contributed by atoms with Gasteiger partial charge in [-0.1, -0.05) is 0 Å². The molecule has 0 saturated heterocycles. The molecule has 4 bridgehead atoms. The lowest BCUT2D eigenvalue weighted by molar-refractivity contribution is -0.130. The Morgan fingerprint density at radius 2 is 1.70 bits per heavy atom. The van der Waals surface area contributed by atoms with E-state index in [-0.39, 0.29) is 17.2 Å². The highest BCUT2D eigenvalue weighted by atomic mass is 16.2. The van der Waals surface area contributed by atoms with Crippen LogP contribution >= 0.6 is 0 Å². The van der Waals surface area contributed by atoms with Gasteiger partial charge in [0.25, 0.3) is 5.56 Å². The summed E-state index contributed by atoms with van der Waals surface area (Å²) in [5, 5.41) is 0. The monoisotopic (exact) mass is 371 g/mol. The van der Waals surface area contributed by atoms with E-state index in [1.165, 1.54) is 68.5 Å². The van der Waals surface area contributed by atoms with Crippen LogP contribution in [0.3, 0.4) is 0 Å². The van der Waals surface area contributed by atoms with Crippen LogP contribution in [0, 0.1) is 23.2 Å². The van der Waals surface area contributed by atoms with Crippen molar-refractivity contribution in [3.05, 3.63) is 38.7 Å². The Morgan fingerprint density at radius 3 is 2.26 bits per heavy atom. The molecule has 1 aromatic rings. The molecule has 0 spiro atoms. The lowest BCUT2D eigenvalue weighted by Crippen LogP contribution is -2.51. The number of aromatic nitrogens is 2. The summed E-state index contributed by atoms with van der Waals surface area (Å²) in [5.74, 6) is 2.51. The number of rotatable bonds is 4. The average molecular weight is 371 g/mol. The van der Waals surface area contributed by atoms with Gasteiger partial charge in [-0.05, 0) is 67.8 Å². The zero-order valence-corrected chi connectivity index (χ0v) is 16.5. The second-order valence-corrected chi connectivity index (χ2v) is 9.29. The number of hydrogen-bond donors (Lipinski definition) is 0. The van der Waals surface area contributed by atoms with Crippen LogP contribution in [0.5, 0.6) is 0 Å². The summed E-state index contributed by atoms with van der Waals surface area (Å²) < 4.78 is 2.41. The highest BCUT2D eigenvalue weighted by Gasteiger charge is 2.51. The van der Waals surface area contributed by atoms with Gasteiger partial charge in [-0.15, -0.1) is 0 Å². The Bertz CT molecular complexity index is 873. The molecule has 6 nitrogen and oxygen atoms in total. The van der Waals surface area contributed by atoms with Crippen LogP contribution in [-0.2, 0) is 18.9 Å². The molecule has 4 saturated carbocycles. The van der Waals surface area contributed by atoms with Crippen molar-refractivity contribution in [3.63, 3.8) is 0 Å². The van der Waals surface area contributed by atoms with Crippen LogP contribution in [0.15, 0.2) is 21.9 Å². The van der Waals surface area contributed by atoms with Crippen LogP contribution in [0.4, 0.5) is 0 Å². The summed E-state index contributed by atoms with van der Waals surface area (Å²) in [4.78, 5) is 38.4. The van der Waals surface area contributed by atoms with Crippen molar-refractivity contribution >= 4 is 12.0 Å². The van der Waals surface area contributed by atoms with Gasteiger partial charge in [0.05, 0.1) is 5.56 Å². The lowest BCUT2D eigenvalue weighted by Gasteiger charge is -2.57. The summed E-state index contributed by atoms with van der Waals surface area (Å²) in [7, 11) is 4.91. The Labute approximate surface area is 159 Å². The van der Waals surface area contributed by atoms with Gasteiger partial charge in [0.15, 0.2) is 0 Å². The summed E-state index contributed by atoms with van der Waals surface area (Å²) >= 11 is 0. The first kappa shape index (κ1) is 18.3. The molecule has 146 valence electrons. The number of aryl methyl sites for hydroxylation is 1. The van der Waals surface area contributed by atoms with Crippen molar-refractivity contribution in [1.82, 2.24) is 14.0 Å². The largest absolute Gasteiger partial charge is 0.342 e. The van der Waals surface area contributed by atoms with Gasteiger partial charge >= 0.3 is 5.69 Å². The first-order valence-electron chi connectivity index (χ1n) is 9.96. The molecule has 0 N–H and O–H groups in total. The highest BCUT2D eigenvalue weighted by molar-refractivity contribution is 5.91. The smallest absolute Gasteiger partial charge is 0.330 e. The standard InChI is InChI=1S/C21H29N3O3/c1-22-12-17(19(26)24(3)20(22)27)4-5-18(25)23(2)13-21-9-14-6-15(10-21)8-16(7-14)11-21/h4-5,12,14-16H,6-11,13H2,1-3H3/b5-4+. The van der Waals surface area contributed by atoms with Crippen molar-refractivity contribution < 1.29 is 4.79 Å². The van der Waals surface area contributed by atoms with Crippen molar-refractivity contribution in [1.29, 1.82) is 0 Å². The summed E-state index contributed by atoms with van der Waals surface area (Å²) in [5.41, 5.74) is -0.107. The van der Waals surface area contributed by atoms with Gasteiger partial charge in [-0.2, -0.15) is 0 Å². The predicted molar refractivity (Wildman–Crippen MR) is 104 cm³/mol. The van der Waals surface area contributed by atoms with Crippen LogP contribution in [0.2, 0.25) is 0 Å². The summed E-state index contributed by atoms with van der Waals surface area (Å²) in [6, 6.07) is 0. The number of nitrogens with zero attached hydrogens (tertiary/aromatic N) is 3. The van der Waals surface area contributed by atoms with Gasteiger partial charge < -0.3 is 9.47 Å². The fraction of sp³-hybridized carbons (Fsp3) is 0.667. The van der Waals surface area contributed by atoms with E-state index < -0.39 is 0 Å². The summed E-state index contributed by atoms with van der Waals surface area (Å²) in [6.45, 7) is 0.810. The average Bonchev–Trinajstić information content (AvgIpc) is 2.60. The number of carbonyl (C=O) groups is 1. The minimum atomic E-state index is -0.383. The zero-order valence-electron chi connectivity index (χ0n) is 16.5. The molecule has 0 atom stereocenters. The van der Waals surface area contributed by atoms with Crippen molar-refractivity contribution in [2.24, 2.45) is 37.3 Å². The molecular weight excluding hydrogens is 342 g/mol. The van der Waals surface area contributed by atoms with Crippen LogP contribution in [0.1, 0.15) is 44.1 Å². The molecule has 0 aromatic carbocycles. The van der Waals surface area contributed by atoms with Crippen molar-refractivity contribution in [3.8, 4) is 0 Å². The number of likely N-dealkylation sites (N-methyl/N-ethyl adjacent to an activating group) is 1. The van der Waals surface area contributed by atoms with Gasteiger partial charge in [0.2, 0.25) is 5.91 Å². The Morgan fingerprint density at radius 1 is 1.15 bits per heavy atom. The minimum Gasteiger partial charge on any atom is -0.342 e. The second-order valence-electron chi connectivity index (χ2n) is 9.29. The second kappa shape index (κ2) is 6.50. The first-order chi connectivity index (χ1) is 12.8. The third kappa shape index (κ3) is 3.30. The normalized spacial score (nSPS) is 31.6. The van der Waals surface area contributed by atoms with E-state index in [0.717, 1.165) is 28.9 Å². The maximum absolute atomic E-state index is 12.7. The minimum absolute atomic E-state index is 0.0818. The highest BCUT2D eigenvalue weighted by Crippen LogP contribution is 2.60. The molecule has 6 heteroatoms. The van der Waals surface area contributed by atoms with Crippen LogP contribution < -0.4 is 11.2 Å². The molecule has 1 aromatic heterocycles. The van der Waals surface area contributed by atoms with E-state index in [0.29, 0.717) is 11.0 Å². The molecule has 0 unspecified atom stereocenters. The van der Waals surface area contributed by atoms with Crippen molar-refractivity contribution in [2.75, 3.05) is 13.6 Å². The molecule has 1 heterocycles. The third-order valence-corrected chi connectivity index (χ3v) is 6.99. The quantitative estimate of drug-likeness (QED) is 0.758. The third-order valence-electron chi connectivity index (χ3n) is 6.99. The Kier molecular flexibility index (Phi) is 4.40. The van der Waals surface area contributed by atoms with E-state index in [4.69, 9.17) is 0 Å². The molecule has 1 amide bonds. The SMILES string of the molecule is CN(CC12CC3CC(CC(C3)C1)C2)C(=O)/C=C/c1cn(C)c(=O)n(C)c1=O. The van der Waals surface area contributed by atoms with Crippen LogP contribution in [0.25, 0.3) is 6.08 Å². The molecule has 27 heavy (non-hydrogen) atoms. The van der Waals surface area contributed by atoms with Gasteiger partial charge in [0, 0.05) is 40.0 Å².